The van der Waals surface area contributed by atoms with E-state index in [-0.39, 0.29) is 0 Å². The molecule has 6 heteroatoms. The van der Waals surface area contributed by atoms with Gasteiger partial charge in [0.25, 0.3) is 0 Å². The van der Waals surface area contributed by atoms with Gasteiger partial charge in [0.2, 0.25) is 0 Å². The molecule has 0 saturated heterocycles. The highest BCUT2D eigenvalue weighted by molar-refractivity contribution is 5.83. The lowest BCUT2D eigenvalue weighted by Crippen LogP contribution is -2.19. The molecule has 0 atom stereocenters. The van der Waals surface area contributed by atoms with Gasteiger partial charge in [-0.25, -0.2) is 4.98 Å². The molecule has 0 amide bonds. The van der Waals surface area contributed by atoms with Gasteiger partial charge in [-0.1, -0.05) is 0 Å². The van der Waals surface area contributed by atoms with E-state index in [2.05, 4.69) is 9.88 Å². The molecule has 0 saturated carbocycles. The molecular weight excluding hydrogens is 330 g/mol. The number of likely N-dealkylation sites (N-methyl/N-ethyl adjacent to an activating group) is 1. The minimum absolute atomic E-state index is 0.669. The number of ether oxygens (including phenoxy) is 3. The zero-order chi connectivity index (χ0) is 17.9. The summed E-state index contributed by atoms with van der Waals surface area (Å²) in [6.45, 7) is 2.91. The van der Waals surface area contributed by atoms with Gasteiger partial charge in [0.05, 0.1) is 24.2 Å². The van der Waals surface area contributed by atoms with Gasteiger partial charge in [-0.2, -0.15) is 0 Å². The second kappa shape index (κ2) is 7.25. The standard InChI is InChI=1S/C20H23N3O3/c1-23(2)8-11-24-15-6-4-14(5-7-15)20-21-16-12-18-19(13-17(16)22-20)26-10-3-9-25-18/h4-7,12-13H,3,8-11H2,1-2H3,(H,21,22). The molecule has 136 valence electrons. The van der Waals surface area contributed by atoms with Crippen molar-refractivity contribution in [1.29, 1.82) is 0 Å². The van der Waals surface area contributed by atoms with Crippen LogP contribution in [0.25, 0.3) is 22.4 Å². The fourth-order valence-corrected chi connectivity index (χ4v) is 2.86. The molecule has 1 aliphatic heterocycles. The Morgan fingerprint density at radius 2 is 1.81 bits per heavy atom. The Kier molecular flexibility index (Phi) is 4.67. The highest BCUT2D eigenvalue weighted by Gasteiger charge is 2.14. The lowest BCUT2D eigenvalue weighted by atomic mass is 10.2. The first-order valence-corrected chi connectivity index (χ1v) is 8.86. The maximum Gasteiger partial charge on any atom is 0.163 e. The summed E-state index contributed by atoms with van der Waals surface area (Å²) in [5, 5.41) is 0. The highest BCUT2D eigenvalue weighted by Crippen LogP contribution is 2.34. The molecule has 1 aliphatic rings. The second-order valence-electron chi connectivity index (χ2n) is 6.63. The van der Waals surface area contributed by atoms with Crippen molar-refractivity contribution in [1.82, 2.24) is 14.9 Å². The van der Waals surface area contributed by atoms with Gasteiger partial charge in [-0.05, 0) is 38.4 Å². The molecule has 4 rings (SSSR count). The zero-order valence-electron chi connectivity index (χ0n) is 15.1. The van der Waals surface area contributed by atoms with Crippen LogP contribution in [-0.2, 0) is 0 Å². The van der Waals surface area contributed by atoms with E-state index < -0.39 is 0 Å². The summed E-state index contributed by atoms with van der Waals surface area (Å²) >= 11 is 0. The van der Waals surface area contributed by atoms with Crippen molar-refractivity contribution in [2.24, 2.45) is 0 Å². The van der Waals surface area contributed by atoms with E-state index in [0.717, 1.165) is 52.6 Å². The van der Waals surface area contributed by atoms with Crippen molar-refractivity contribution in [3.63, 3.8) is 0 Å². The molecule has 6 nitrogen and oxygen atoms in total. The summed E-state index contributed by atoms with van der Waals surface area (Å²) in [5.41, 5.74) is 2.82. The average Bonchev–Trinajstić information content (AvgIpc) is 2.90. The van der Waals surface area contributed by atoms with E-state index in [1.54, 1.807) is 0 Å². The molecule has 0 aliphatic carbocycles. The van der Waals surface area contributed by atoms with E-state index in [1.165, 1.54) is 0 Å². The monoisotopic (exact) mass is 353 g/mol. The van der Waals surface area contributed by atoms with Crippen LogP contribution in [0.2, 0.25) is 0 Å². The number of imidazole rings is 1. The number of benzene rings is 2. The first-order chi connectivity index (χ1) is 12.7. The number of rotatable bonds is 5. The van der Waals surface area contributed by atoms with E-state index in [0.29, 0.717) is 19.8 Å². The molecule has 0 radical (unpaired) electrons. The third-order valence-electron chi connectivity index (χ3n) is 4.29. The SMILES string of the molecule is CN(C)CCOc1ccc(-c2nc3cc4c(cc3[nH]2)OCCCO4)cc1. The minimum Gasteiger partial charge on any atom is -0.492 e. The van der Waals surface area contributed by atoms with Crippen LogP contribution >= 0.6 is 0 Å². The molecule has 2 heterocycles. The molecule has 0 unspecified atom stereocenters. The molecule has 1 aromatic heterocycles. The van der Waals surface area contributed by atoms with Crippen LogP contribution < -0.4 is 14.2 Å². The molecule has 2 aromatic carbocycles. The smallest absolute Gasteiger partial charge is 0.163 e. The Hall–Kier alpha value is -2.73. The predicted octanol–water partition coefficient (Wildman–Crippen LogP) is 3.33. The van der Waals surface area contributed by atoms with Crippen molar-refractivity contribution in [2.45, 2.75) is 6.42 Å². The Balaban J connectivity index is 1.54. The highest BCUT2D eigenvalue weighted by atomic mass is 16.5. The Morgan fingerprint density at radius 1 is 1.08 bits per heavy atom. The fourth-order valence-electron chi connectivity index (χ4n) is 2.86. The van der Waals surface area contributed by atoms with Crippen LogP contribution in [0.1, 0.15) is 6.42 Å². The number of H-pyrrole nitrogens is 1. The van der Waals surface area contributed by atoms with Crippen LogP contribution in [0.4, 0.5) is 0 Å². The number of aromatic nitrogens is 2. The van der Waals surface area contributed by atoms with Gasteiger partial charge in [0.15, 0.2) is 11.5 Å². The van der Waals surface area contributed by atoms with Gasteiger partial charge in [0, 0.05) is 30.7 Å². The van der Waals surface area contributed by atoms with Crippen LogP contribution in [0.15, 0.2) is 36.4 Å². The van der Waals surface area contributed by atoms with Gasteiger partial charge < -0.3 is 24.1 Å². The van der Waals surface area contributed by atoms with Crippen LogP contribution in [0.5, 0.6) is 17.2 Å². The largest absolute Gasteiger partial charge is 0.492 e. The molecule has 0 spiro atoms. The lowest BCUT2D eigenvalue weighted by Gasteiger charge is -2.11. The van der Waals surface area contributed by atoms with Gasteiger partial charge in [-0.15, -0.1) is 0 Å². The molecule has 0 bridgehead atoms. The summed E-state index contributed by atoms with van der Waals surface area (Å²) in [4.78, 5) is 10.2. The zero-order valence-corrected chi connectivity index (χ0v) is 15.1. The van der Waals surface area contributed by atoms with Crippen LogP contribution in [-0.4, -0.2) is 55.3 Å². The van der Waals surface area contributed by atoms with E-state index in [9.17, 15) is 0 Å². The summed E-state index contributed by atoms with van der Waals surface area (Å²) < 4.78 is 17.2. The number of hydrogen-bond acceptors (Lipinski definition) is 5. The Morgan fingerprint density at radius 3 is 2.54 bits per heavy atom. The van der Waals surface area contributed by atoms with Crippen molar-refractivity contribution in [3.05, 3.63) is 36.4 Å². The van der Waals surface area contributed by atoms with Crippen molar-refractivity contribution in [2.75, 3.05) is 40.5 Å². The molecular formula is C20H23N3O3. The number of fused-ring (bicyclic) bond motifs is 2. The van der Waals surface area contributed by atoms with E-state index in [1.807, 2.05) is 50.5 Å². The van der Waals surface area contributed by atoms with E-state index in [4.69, 9.17) is 19.2 Å². The Bertz CT molecular complexity index is 844. The van der Waals surface area contributed by atoms with Crippen molar-refractivity contribution < 1.29 is 14.2 Å². The molecule has 26 heavy (non-hydrogen) atoms. The van der Waals surface area contributed by atoms with Crippen LogP contribution in [0.3, 0.4) is 0 Å². The van der Waals surface area contributed by atoms with Crippen molar-refractivity contribution in [3.8, 4) is 28.6 Å². The van der Waals surface area contributed by atoms with Gasteiger partial charge in [0.1, 0.15) is 18.2 Å². The summed E-state index contributed by atoms with van der Waals surface area (Å²) in [6.07, 6.45) is 0.893. The second-order valence-corrected chi connectivity index (χ2v) is 6.63. The summed E-state index contributed by atoms with van der Waals surface area (Å²) in [6, 6.07) is 11.9. The molecule has 3 aromatic rings. The maximum absolute atomic E-state index is 5.75. The number of nitrogens with one attached hydrogen (secondary N) is 1. The van der Waals surface area contributed by atoms with Crippen molar-refractivity contribution >= 4 is 11.0 Å². The Labute approximate surface area is 152 Å². The third-order valence-corrected chi connectivity index (χ3v) is 4.29. The molecule has 1 N–H and O–H groups in total. The minimum atomic E-state index is 0.669. The van der Waals surface area contributed by atoms with Crippen LogP contribution in [0, 0.1) is 0 Å². The third kappa shape index (κ3) is 3.60. The maximum atomic E-state index is 5.75. The number of hydrogen-bond donors (Lipinski definition) is 1. The topological polar surface area (TPSA) is 59.6 Å². The summed E-state index contributed by atoms with van der Waals surface area (Å²) in [7, 11) is 4.06. The molecule has 0 fully saturated rings. The van der Waals surface area contributed by atoms with Gasteiger partial charge >= 0.3 is 0 Å². The average molecular weight is 353 g/mol. The fraction of sp³-hybridized carbons (Fsp3) is 0.350. The first-order valence-electron chi connectivity index (χ1n) is 8.86. The van der Waals surface area contributed by atoms with E-state index >= 15 is 0 Å². The van der Waals surface area contributed by atoms with Gasteiger partial charge in [-0.3, -0.25) is 0 Å². The quantitative estimate of drug-likeness (QED) is 0.762. The number of nitrogens with zero attached hydrogens (tertiary/aromatic N) is 2. The predicted molar refractivity (Wildman–Crippen MR) is 101 cm³/mol. The normalized spacial score (nSPS) is 13.8. The first kappa shape index (κ1) is 16.7. The lowest BCUT2D eigenvalue weighted by molar-refractivity contribution is 0.261. The number of aromatic amines is 1. The summed E-state index contributed by atoms with van der Waals surface area (Å²) in [5.74, 6) is 3.22.